The number of unbranched alkanes of at least 4 members (excludes halogenated alkanes) is 24. The van der Waals surface area contributed by atoms with Crippen LogP contribution in [0, 0.1) is 0 Å². The molecule has 5 aliphatic heterocycles. The van der Waals surface area contributed by atoms with Crippen molar-refractivity contribution in [1.82, 2.24) is 0 Å². The van der Waals surface area contributed by atoms with E-state index in [1.165, 1.54) is 151 Å². The maximum absolute atomic E-state index is 7.15. The fourth-order valence-electron chi connectivity index (χ4n) is 16.8. The van der Waals surface area contributed by atoms with Crippen molar-refractivity contribution >= 4 is 46.7 Å². The van der Waals surface area contributed by atoms with Crippen LogP contribution in [-0.4, -0.2) is 46.7 Å². The van der Waals surface area contributed by atoms with E-state index >= 15 is 0 Å². The molecule has 5 heterocycles. The Morgan fingerprint density at radius 2 is 0.391 bits per heavy atom. The average Bonchev–Trinajstić information content (AvgIpc) is 1.58. The van der Waals surface area contributed by atoms with E-state index in [0.29, 0.717) is 115 Å². The topological polar surface area (TPSA) is 136 Å². The number of allylic oxidation sites excluding steroid dienone is 16. The molecule has 0 spiro atoms. The van der Waals surface area contributed by atoms with Crippen LogP contribution in [0.1, 0.15) is 326 Å². The highest BCUT2D eigenvalue weighted by Crippen LogP contribution is 2.42. The molecule has 0 aromatic heterocycles. The van der Waals surface area contributed by atoms with E-state index in [2.05, 4.69) is 198 Å². The molecule has 13 rings (SSSR count). The van der Waals surface area contributed by atoms with Crippen LogP contribution < -0.4 is 18.9 Å². The van der Waals surface area contributed by atoms with Gasteiger partial charge in [0.1, 0.15) is 46.0 Å². The number of aryl methyl sites for hydroxylation is 4. The molecule has 5 aliphatic rings. The second-order valence-corrected chi connectivity index (χ2v) is 34.3. The van der Waals surface area contributed by atoms with Crippen LogP contribution >= 0.6 is 0 Å². The third-order valence-electron chi connectivity index (χ3n) is 23.8. The Balaban J connectivity index is 0.830. The van der Waals surface area contributed by atoms with Gasteiger partial charge in [0.15, 0.2) is 46.7 Å². The minimum Gasteiger partial charge on any atom is -0.457 e. The van der Waals surface area contributed by atoms with Crippen LogP contribution in [0.25, 0.3) is 0 Å². The van der Waals surface area contributed by atoms with Gasteiger partial charge in [0.2, 0.25) is 0 Å². The molecule has 8 bridgehead atoms. The molecule has 0 aliphatic carbocycles. The van der Waals surface area contributed by atoms with Gasteiger partial charge in [0, 0.05) is 22.3 Å². The van der Waals surface area contributed by atoms with E-state index in [1.807, 2.05) is 97.1 Å². The Hall–Kier alpha value is -11.8. The van der Waals surface area contributed by atoms with E-state index in [4.69, 9.17) is 58.9 Å². The van der Waals surface area contributed by atoms with E-state index in [9.17, 15) is 0 Å². The van der Waals surface area contributed by atoms with Gasteiger partial charge in [0.05, 0.1) is 22.3 Å². The van der Waals surface area contributed by atoms with Crippen molar-refractivity contribution in [2.75, 3.05) is 0 Å². The fourth-order valence-corrected chi connectivity index (χ4v) is 16.8. The minimum atomic E-state index is 0.348. The average molecular weight is 1710 g/mol. The molecule has 664 valence electrons. The van der Waals surface area contributed by atoms with E-state index in [-0.39, 0.29) is 0 Å². The molecule has 0 atom stereocenters. The summed E-state index contributed by atoms with van der Waals surface area (Å²) >= 11 is 0. The van der Waals surface area contributed by atoms with Crippen LogP contribution in [0.3, 0.4) is 0 Å². The van der Waals surface area contributed by atoms with Gasteiger partial charge in [-0.2, -0.15) is 0 Å². The summed E-state index contributed by atoms with van der Waals surface area (Å²) in [5.74, 6) is 8.12. The van der Waals surface area contributed by atoms with Crippen molar-refractivity contribution in [3.8, 4) is 46.0 Å². The molecular weight excluding hydrogens is 1570 g/mol. The number of aliphatic imine (C=N–C) groups is 8. The molecule has 128 heavy (non-hydrogen) atoms. The first-order valence-corrected chi connectivity index (χ1v) is 48.9. The van der Waals surface area contributed by atoms with E-state index in [1.54, 1.807) is 0 Å². The van der Waals surface area contributed by atoms with Crippen LogP contribution in [0.4, 0.5) is 0 Å². The van der Waals surface area contributed by atoms with Gasteiger partial charge < -0.3 is 18.9 Å². The van der Waals surface area contributed by atoms with Gasteiger partial charge in [-0.15, -0.1) is 0 Å². The lowest BCUT2D eigenvalue weighted by atomic mass is 10.0. The quantitative estimate of drug-likeness (QED) is 0.0277. The second kappa shape index (κ2) is 53.1. The van der Waals surface area contributed by atoms with Gasteiger partial charge in [-0.1, -0.05) is 325 Å². The molecule has 8 aromatic rings. The van der Waals surface area contributed by atoms with Crippen LogP contribution in [0.15, 0.2) is 307 Å². The largest absolute Gasteiger partial charge is 0.457 e. The summed E-state index contributed by atoms with van der Waals surface area (Å²) in [7, 11) is 0. The molecule has 0 saturated carbocycles. The predicted molar refractivity (Wildman–Crippen MR) is 541 cm³/mol. The molecule has 0 fully saturated rings. The zero-order valence-corrected chi connectivity index (χ0v) is 76.9. The Bertz CT molecular complexity index is 5450. The zero-order valence-electron chi connectivity index (χ0n) is 76.9. The van der Waals surface area contributed by atoms with Gasteiger partial charge in [0.25, 0.3) is 0 Å². The normalized spacial score (nSPS) is 13.9. The maximum Gasteiger partial charge on any atom is 0.168 e. The molecule has 12 heteroatoms. The molecule has 12 nitrogen and oxygen atoms in total. The summed E-state index contributed by atoms with van der Waals surface area (Å²) in [6.07, 6.45) is 82.4. The highest BCUT2D eigenvalue weighted by Gasteiger charge is 2.36. The summed E-state index contributed by atoms with van der Waals surface area (Å²) in [5, 5.41) is 0. The van der Waals surface area contributed by atoms with E-state index in [0.717, 1.165) is 151 Å². The number of amidine groups is 8. The number of hydrogen-bond donors (Lipinski definition) is 0. The molecular formula is C116H136N8O4. The third kappa shape index (κ3) is 29.1. The monoisotopic (exact) mass is 1710 g/mol. The summed E-state index contributed by atoms with van der Waals surface area (Å²) < 4.78 is 28.5. The number of benzene rings is 8. The van der Waals surface area contributed by atoms with Gasteiger partial charge in [-0.05, 0) is 249 Å². The molecule has 0 saturated heterocycles. The summed E-state index contributed by atoms with van der Waals surface area (Å²) in [6, 6.07) is 58.1. The SMILES string of the molecule is CCC/C=C/C/C=C/CCCCCCCc1cccc(Oc2cccc3c2C2=NC3=NC3=NC(=NC4=NC(=NC5=NC(=N2)c2cccc(Oc6cccc(CCCCCCC/C=C/C/C=C/CCC)c6)c25)c2c(Oc5cccc(CCCCCCC/C=C/C/C=C/CCC)c5)cccc24)c2c(Oc4cccc(CCCCCCC/C=C/C/C=C/CCC)c4)cccc23)c1. The first kappa shape index (κ1) is 93.9. The van der Waals surface area contributed by atoms with Gasteiger partial charge >= 0.3 is 0 Å². The zero-order chi connectivity index (χ0) is 88.0. The van der Waals surface area contributed by atoms with Crippen molar-refractivity contribution in [1.29, 1.82) is 0 Å². The second-order valence-electron chi connectivity index (χ2n) is 34.3. The summed E-state index contributed by atoms with van der Waals surface area (Å²) in [6.45, 7) is 8.90. The van der Waals surface area contributed by atoms with Crippen LogP contribution in [-0.2, 0) is 25.7 Å². The standard InChI is InChI=1S/C116H136N8O4/c1-5-9-13-17-21-25-29-33-37-41-45-49-53-65-89-69-57-73-93(85-89)125-101-81-61-77-97-105(101)113-118-109(97)117-110-98-78-62-82-102(126-94-74-58-70-90(86-94)66-54-50-46-42-38-34-30-26-22-18-14-10-6-2)106(98)114(119-110)121-112-100-80-64-84-104(128-96-76-60-72-92(88-96)68-56-52-48-44-40-36-32-28-24-20-16-12-8-4)108(100)116(123-112)124-115-107-99(111(120-113)122-115)79-63-83-103(107)127-95-75-59-71-91(87-95)67-55-51-47-43-39-35-31-27-23-19-15-11-7-3/h13-20,25-32,57-64,69-88H,5-12,21-24,33-56,65-68H2,1-4H3/b17-13+,18-14+,19-15+,20-16+,29-25+,30-26+,31-27+,32-28+,117-109?,117-110?,120-111?,120-113?,121-112?,121-114?,124-115?,124-116?. The van der Waals surface area contributed by atoms with Gasteiger partial charge in [-0.25, -0.2) is 39.9 Å². The summed E-state index contributed by atoms with van der Waals surface area (Å²) in [5.41, 5.74) is 10.4. The lowest BCUT2D eigenvalue weighted by Gasteiger charge is -2.13. The molecule has 0 N–H and O–H groups in total. The van der Waals surface area contributed by atoms with Crippen molar-refractivity contribution in [2.24, 2.45) is 39.9 Å². The Labute approximate surface area is 765 Å². The highest BCUT2D eigenvalue weighted by molar-refractivity contribution is 6.36. The molecule has 8 aromatic carbocycles. The molecule has 0 amide bonds. The van der Waals surface area contributed by atoms with Crippen LogP contribution in [0.5, 0.6) is 46.0 Å². The first-order chi connectivity index (χ1) is 63.4. The third-order valence-corrected chi connectivity index (χ3v) is 23.8. The maximum atomic E-state index is 7.15. The van der Waals surface area contributed by atoms with Crippen molar-refractivity contribution < 1.29 is 18.9 Å². The van der Waals surface area contributed by atoms with Crippen LogP contribution in [0.2, 0.25) is 0 Å². The Morgan fingerprint density at radius 3 is 0.633 bits per heavy atom. The van der Waals surface area contributed by atoms with Gasteiger partial charge in [-0.3, -0.25) is 0 Å². The number of nitrogens with zero attached hydrogens (tertiary/aromatic N) is 8. The predicted octanol–water partition coefficient (Wildman–Crippen LogP) is 32.7. The lowest BCUT2D eigenvalue weighted by molar-refractivity contribution is 0.480. The smallest absolute Gasteiger partial charge is 0.168 e. The molecule has 0 radical (unpaired) electrons. The Morgan fingerprint density at radius 1 is 0.195 bits per heavy atom. The number of rotatable bonds is 56. The number of hydrogen-bond acceptors (Lipinski definition) is 12. The first-order valence-electron chi connectivity index (χ1n) is 48.9. The number of ether oxygens (including phenoxy) is 4. The Kier molecular flexibility index (Phi) is 39.0. The highest BCUT2D eigenvalue weighted by atomic mass is 16.5. The van der Waals surface area contributed by atoms with Crippen molar-refractivity contribution in [2.45, 2.75) is 285 Å². The van der Waals surface area contributed by atoms with Crippen molar-refractivity contribution in [3.05, 3.63) is 334 Å². The number of fused-ring (bicyclic) bond motifs is 16. The van der Waals surface area contributed by atoms with E-state index < -0.39 is 0 Å². The fraction of sp³-hybridized carbons (Fsp3) is 0.379. The summed E-state index contributed by atoms with van der Waals surface area (Å²) in [4.78, 5) is 44.2. The van der Waals surface area contributed by atoms with Crippen molar-refractivity contribution in [3.63, 3.8) is 0 Å². The minimum absolute atomic E-state index is 0.348. The molecule has 0 unspecified atom stereocenters. The lowest BCUT2D eigenvalue weighted by Crippen LogP contribution is -2.06.